The lowest BCUT2D eigenvalue weighted by Crippen LogP contribution is -2.16. The van der Waals surface area contributed by atoms with Crippen LogP contribution in [0.15, 0.2) is 34.8 Å². The molecule has 2 heterocycles. The average molecular weight is 381 g/mol. The molecule has 0 saturated heterocycles. The fourth-order valence-electron chi connectivity index (χ4n) is 1.90. The molecular formula is C14H13ClN6OS2. The van der Waals surface area contributed by atoms with Gasteiger partial charge in [-0.3, -0.25) is 4.79 Å². The molecule has 3 N–H and O–H groups in total. The number of amides is 1. The first kappa shape index (κ1) is 16.7. The first-order valence-electron chi connectivity index (χ1n) is 6.84. The Hall–Kier alpha value is -2.10. The van der Waals surface area contributed by atoms with E-state index in [0.29, 0.717) is 21.1 Å². The Kier molecular flexibility index (Phi) is 5.03. The van der Waals surface area contributed by atoms with Crippen molar-refractivity contribution in [1.29, 1.82) is 0 Å². The summed E-state index contributed by atoms with van der Waals surface area (Å²) in [5.74, 6) is 6.47. The molecule has 0 atom stereocenters. The summed E-state index contributed by atoms with van der Waals surface area (Å²) in [6.07, 6.45) is 0. The molecule has 0 saturated carbocycles. The number of benzene rings is 1. The van der Waals surface area contributed by atoms with Crippen LogP contribution < -0.4 is 11.2 Å². The Bertz CT molecular complexity index is 878. The summed E-state index contributed by atoms with van der Waals surface area (Å²) in [5, 5.41) is 14.3. The van der Waals surface area contributed by atoms with Crippen LogP contribution >= 0.6 is 34.7 Å². The van der Waals surface area contributed by atoms with E-state index in [1.165, 1.54) is 27.8 Å². The van der Waals surface area contributed by atoms with Gasteiger partial charge in [0, 0.05) is 16.0 Å². The van der Waals surface area contributed by atoms with Crippen LogP contribution in [0.25, 0.3) is 11.4 Å². The number of nitrogen functional groups attached to an aromatic ring is 1. The minimum absolute atomic E-state index is 0.156. The Morgan fingerprint density at radius 2 is 2.29 bits per heavy atom. The van der Waals surface area contributed by atoms with Crippen molar-refractivity contribution in [2.75, 3.05) is 16.9 Å². The monoisotopic (exact) mass is 380 g/mol. The van der Waals surface area contributed by atoms with Crippen LogP contribution in [0.5, 0.6) is 0 Å². The van der Waals surface area contributed by atoms with Gasteiger partial charge in [0.05, 0.1) is 11.4 Å². The molecule has 0 fully saturated rings. The molecule has 0 radical (unpaired) electrons. The molecule has 1 aromatic carbocycles. The SMILES string of the molecule is Cc1csc(NC(=O)CSc2nnc(-c3cccc(Cl)c3)n2N)n1. The largest absolute Gasteiger partial charge is 0.335 e. The number of thiazole rings is 1. The predicted octanol–water partition coefficient (Wildman–Crippen LogP) is 2.81. The van der Waals surface area contributed by atoms with Crippen LogP contribution in [0, 0.1) is 6.92 Å². The number of nitrogens with two attached hydrogens (primary N) is 1. The number of carbonyl (C=O) groups is 1. The van der Waals surface area contributed by atoms with Crippen LogP contribution in [0.2, 0.25) is 5.02 Å². The van der Waals surface area contributed by atoms with Crippen molar-refractivity contribution < 1.29 is 4.79 Å². The predicted molar refractivity (Wildman–Crippen MR) is 96.8 cm³/mol. The molecule has 0 unspecified atom stereocenters. The maximum atomic E-state index is 11.9. The first-order valence-corrected chi connectivity index (χ1v) is 9.08. The van der Waals surface area contributed by atoms with E-state index < -0.39 is 0 Å². The third kappa shape index (κ3) is 3.86. The van der Waals surface area contributed by atoms with E-state index in [2.05, 4.69) is 20.5 Å². The van der Waals surface area contributed by atoms with E-state index >= 15 is 0 Å². The van der Waals surface area contributed by atoms with E-state index in [-0.39, 0.29) is 11.7 Å². The number of hydrogen-bond donors (Lipinski definition) is 2. The molecule has 3 rings (SSSR count). The number of hydrogen-bond acceptors (Lipinski definition) is 7. The van der Waals surface area contributed by atoms with Crippen molar-refractivity contribution in [3.63, 3.8) is 0 Å². The molecule has 0 aliphatic carbocycles. The highest BCUT2D eigenvalue weighted by Gasteiger charge is 2.14. The summed E-state index contributed by atoms with van der Waals surface area (Å²) in [6, 6.07) is 7.16. The minimum Gasteiger partial charge on any atom is -0.335 e. The van der Waals surface area contributed by atoms with Gasteiger partial charge in [-0.1, -0.05) is 35.5 Å². The lowest BCUT2D eigenvalue weighted by atomic mass is 10.2. The van der Waals surface area contributed by atoms with Gasteiger partial charge in [0.2, 0.25) is 11.1 Å². The van der Waals surface area contributed by atoms with Crippen molar-refractivity contribution in [2.45, 2.75) is 12.1 Å². The molecular weight excluding hydrogens is 368 g/mol. The number of halogens is 1. The maximum Gasteiger partial charge on any atom is 0.236 e. The lowest BCUT2D eigenvalue weighted by molar-refractivity contribution is -0.113. The summed E-state index contributed by atoms with van der Waals surface area (Å²) in [5.41, 5.74) is 1.63. The number of anilines is 1. The van der Waals surface area contributed by atoms with E-state index in [4.69, 9.17) is 17.4 Å². The first-order chi connectivity index (χ1) is 11.5. The third-order valence-electron chi connectivity index (χ3n) is 2.95. The Morgan fingerprint density at radius 1 is 1.46 bits per heavy atom. The number of nitrogens with zero attached hydrogens (tertiary/aromatic N) is 4. The van der Waals surface area contributed by atoms with Gasteiger partial charge in [-0.2, -0.15) is 0 Å². The summed E-state index contributed by atoms with van der Waals surface area (Å²) < 4.78 is 1.34. The summed E-state index contributed by atoms with van der Waals surface area (Å²) >= 11 is 8.55. The molecule has 2 aromatic heterocycles. The molecule has 0 spiro atoms. The van der Waals surface area contributed by atoms with E-state index in [9.17, 15) is 4.79 Å². The van der Waals surface area contributed by atoms with Gasteiger partial charge < -0.3 is 11.2 Å². The fourth-order valence-corrected chi connectivity index (χ4v) is 3.45. The number of aryl methyl sites for hydroxylation is 1. The van der Waals surface area contributed by atoms with Crippen LogP contribution in [-0.4, -0.2) is 31.5 Å². The van der Waals surface area contributed by atoms with Gasteiger partial charge in [-0.15, -0.1) is 21.5 Å². The van der Waals surface area contributed by atoms with Crippen molar-refractivity contribution in [3.05, 3.63) is 40.4 Å². The Morgan fingerprint density at radius 3 is 3.00 bits per heavy atom. The molecule has 0 aliphatic heterocycles. The van der Waals surface area contributed by atoms with Crippen LogP contribution in [-0.2, 0) is 4.79 Å². The summed E-state index contributed by atoms with van der Waals surface area (Å²) in [7, 11) is 0. The minimum atomic E-state index is -0.179. The van der Waals surface area contributed by atoms with Gasteiger partial charge in [0.25, 0.3) is 0 Å². The fraction of sp³-hybridized carbons (Fsp3) is 0.143. The van der Waals surface area contributed by atoms with Crippen molar-refractivity contribution in [1.82, 2.24) is 19.9 Å². The highest BCUT2D eigenvalue weighted by Crippen LogP contribution is 2.24. The average Bonchev–Trinajstić information content (AvgIpc) is 3.11. The maximum absolute atomic E-state index is 11.9. The molecule has 7 nitrogen and oxygen atoms in total. The second-order valence-electron chi connectivity index (χ2n) is 4.82. The topological polar surface area (TPSA) is 98.7 Å². The van der Waals surface area contributed by atoms with Crippen LogP contribution in [0.4, 0.5) is 5.13 Å². The van der Waals surface area contributed by atoms with Gasteiger partial charge in [0.1, 0.15) is 0 Å². The Labute approximate surface area is 151 Å². The number of aromatic nitrogens is 4. The van der Waals surface area contributed by atoms with Gasteiger partial charge >= 0.3 is 0 Å². The molecule has 1 amide bonds. The van der Waals surface area contributed by atoms with Crippen LogP contribution in [0.1, 0.15) is 5.69 Å². The number of carbonyl (C=O) groups excluding carboxylic acids is 1. The van der Waals surface area contributed by atoms with Gasteiger partial charge in [0.15, 0.2) is 11.0 Å². The number of nitrogens with one attached hydrogen (secondary N) is 1. The standard InChI is InChI=1S/C14H13ClN6OS2/c1-8-6-23-13(17-8)18-11(22)7-24-14-20-19-12(21(14)16)9-3-2-4-10(15)5-9/h2-6H,7,16H2,1H3,(H,17,18,22). The third-order valence-corrected chi connectivity index (χ3v) is 5.00. The molecule has 124 valence electrons. The van der Waals surface area contributed by atoms with Crippen molar-refractivity contribution in [2.24, 2.45) is 0 Å². The van der Waals surface area contributed by atoms with E-state index in [1.54, 1.807) is 12.1 Å². The normalized spacial score (nSPS) is 10.8. The highest BCUT2D eigenvalue weighted by molar-refractivity contribution is 7.99. The second kappa shape index (κ2) is 7.20. The zero-order valence-electron chi connectivity index (χ0n) is 12.6. The molecule has 0 aliphatic rings. The zero-order chi connectivity index (χ0) is 17.1. The van der Waals surface area contributed by atoms with Crippen LogP contribution in [0.3, 0.4) is 0 Å². The van der Waals surface area contributed by atoms with Gasteiger partial charge in [-0.05, 0) is 19.1 Å². The summed E-state index contributed by atoms with van der Waals surface area (Å²) in [6.45, 7) is 1.87. The Balaban J connectivity index is 1.65. The quantitative estimate of drug-likeness (QED) is 0.521. The summed E-state index contributed by atoms with van der Waals surface area (Å²) in [4.78, 5) is 16.1. The van der Waals surface area contributed by atoms with E-state index in [1.807, 2.05) is 24.4 Å². The highest BCUT2D eigenvalue weighted by atomic mass is 35.5. The zero-order valence-corrected chi connectivity index (χ0v) is 15.0. The molecule has 24 heavy (non-hydrogen) atoms. The smallest absolute Gasteiger partial charge is 0.236 e. The number of thioether (sulfide) groups is 1. The van der Waals surface area contributed by atoms with Gasteiger partial charge in [-0.25, -0.2) is 9.66 Å². The second-order valence-corrected chi connectivity index (χ2v) is 7.05. The molecule has 0 bridgehead atoms. The van der Waals surface area contributed by atoms with Crippen molar-refractivity contribution >= 4 is 45.7 Å². The number of rotatable bonds is 5. The molecule has 10 heteroatoms. The van der Waals surface area contributed by atoms with E-state index in [0.717, 1.165) is 11.3 Å². The molecule has 3 aromatic rings. The lowest BCUT2D eigenvalue weighted by Gasteiger charge is -2.04. The van der Waals surface area contributed by atoms with Crippen molar-refractivity contribution in [3.8, 4) is 11.4 Å².